The third-order valence-corrected chi connectivity index (χ3v) is 5.21. The molecule has 116 valence electrons. The number of likely N-dealkylation sites (tertiary alicyclic amines) is 1. The lowest BCUT2D eigenvalue weighted by atomic mass is 9.67. The van der Waals surface area contributed by atoms with Crippen LogP contribution in [0.25, 0.3) is 0 Å². The predicted molar refractivity (Wildman–Crippen MR) is 86.0 cm³/mol. The predicted octanol–water partition coefficient (Wildman–Crippen LogP) is 2.80. The molecule has 3 rings (SSSR count). The van der Waals surface area contributed by atoms with Gasteiger partial charge in [0.25, 0.3) is 0 Å². The van der Waals surface area contributed by atoms with Gasteiger partial charge in [-0.05, 0) is 50.3 Å². The molecule has 2 fully saturated rings. The molecule has 0 radical (unpaired) electrons. The maximum Gasteiger partial charge on any atom is 0.0717 e. The van der Waals surface area contributed by atoms with Gasteiger partial charge in [-0.25, -0.2) is 0 Å². The number of benzene rings is 1. The number of nitrogens with zero attached hydrogens (tertiary/aromatic N) is 1. The molecule has 1 saturated carbocycles. The van der Waals surface area contributed by atoms with E-state index in [0.717, 1.165) is 19.8 Å². The molecular weight excluding hydrogens is 260 g/mol. The highest BCUT2D eigenvalue weighted by atomic mass is 16.5. The van der Waals surface area contributed by atoms with Crippen LogP contribution in [0.1, 0.15) is 37.7 Å². The summed E-state index contributed by atoms with van der Waals surface area (Å²) in [6.45, 7) is 4.91. The molecule has 3 heteroatoms. The van der Waals surface area contributed by atoms with E-state index in [0.29, 0.717) is 11.5 Å². The summed E-state index contributed by atoms with van der Waals surface area (Å²) in [5.74, 6) is 0.694. The standard InChI is InChI=1S/C18H28N2O/c19-15-18(20-9-5-2-6-10-20)11-17(12-18)14-21-13-16-7-3-1-4-8-16/h1,3-4,7-8,17H,2,5-6,9-15,19H2. The second-order valence-electron chi connectivity index (χ2n) is 6.75. The smallest absolute Gasteiger partial charge is 0.0717 e. The number of rotatable bonds is 6. The average molecular weight is 288 g/mol. The van der Waals surface area contributed by atoms with Crippen molar-refractivity contribution < 1.29 is 4.74 Å². The van der Waals surface area contributed by atoms with E-state index in [2.05, 4.69) is 29.2 Å². The maximum absolute atomic E-state index is 6.10. The summed E-state index contributed by atoms with van der Waals surface area (Å²) in [7, 11) is 0. The molecule has 1 aromatic rings. The molecule has 0 amide bonds. The fraction of sp³-hybridized carbons (Fsp3) is 0.667. The molecule has 1 aliphatic heterocycles. The van der Waals surface area contributed by atoms with Crippen LogP contribution in [-0.4, -0.2) is 36.7 Å². The summed E-state index contributed by atoms with van der Waals surface area (Å²) < 4.78 is 5.89. The van der Waals surface area contributed by atoms with Gasteiger partial charge in [0, 0.05) is 18.7 Å². The lowest BCUT2D eigenvalue weighted by Crippen LogP contribution is -2.63. The van der Waals surface area contributed by atoms with E-state index in [1.807, 2.05) is 6.07 Å². The van der Waals surface area contributed by atoms with Gasteiger partial charge in [-0.3, -0.25) is 4.90 Å². The van der Waals surface area contributed by atoms with E-state index in [9.17, 15) is 0 Å². The van der Waals surface area contributed by atoms with E-state index in [-0.39, 0.29) is 0 Å². The number of nitrogens with two attached hydrogens (primary N) is 1. The minimum absolute atomic E-state index is 0.293. The number of piperidine rings is 1. The number of ether oxygens (including phenoxy) is 1. The minimum Gasteiger partial charge on any atom is -0.376 e. The zero-order valence-electron chi connectivity index (χ0n) is 13.0. The molecule has 0 aromatic heterocycles. The zero-order valence-corrected chi connectivity index (χ0v) is 13.0. The normalized spacial score (nSPS) is 30.0. The Morgan fingerprint density at radius 1 is 1.10 bits per heavy atom. The Hall–Kier alpha value is -0.900. The highest BCUT2D eigenvalue weighted by Gasteiger charge is 2.47. The first-order chi connectivity index (χ1) is 10.3. The lowest BCUT2D eigenvalue weighted by Gasteiger charge is -2.55. The first-order valence-corrected chi connectivity index (χ1v) is 8.39. The zero-order chi connectivity index (χ0) is 14.5. The summed E-state index contributed by atoms with van der Waals surface area (Å²) in [4.78, 5) is 2.66. The Balaban J connectivity index is 1.41. The van der Waals surface area contributed by atoms with E-state index in [4.69, 9.17) is 10.5 Å². The first kappa shape index (κ1) is 15.0. The highest BCUT2D eigenvalue weighted by Crippen LogP contribution is 2.43. The van der Waals surface area contributed by atoms with Gasteiger partial charge in [-0.15, -0.1) is 0 Å². The van der Waals surface area contributed by atoms with Crippen molar-refractivity contribution in [3.05, 3.63) is 35.9 Å². The summed E-state index contributed by atoms with van der Waals surface area (Å²) in [5.41, 5.74) is 7.65. The molecule has 0 spiro atoms. The maximum atomic E-state index is 6.10. The van der Waals surface area contributed by atoms with Gasteiger partial charge >= 0.3 is 0 Å². The molecule has 2 N–H and O–H groups in total. The van der Waals surface area contributed by atoms with Crippen molar-refractivity contribution in [1.82, 2.24) is 4.90 Å². The summed E-state index contributed by atoms with van der Waals surface area (Å²) in [6.07, 6.45) is 6.52. The van der Waals surface area contributed by atoms with Gasteiger partial charge in [0.2, 0.25) is 0 Å². The second kappa shape index (κ2) is 6.91. The average Bonchev–Trinajstić information content (AvgIpc) is 2.52. The summed E-state index contributed by atoms with van der Waals surface area (Å²) >= 11 is 0. The molecule has 1 aromatic carbocycles. The van der Waals surface area contributed by atoms with Crippen LogP contribution in [0.3, 0.4) is 0 Å². The van der Waals surface area contributed by atoms with Gasteiger partial charge in [0.15, 0.2) is 0 Å². The summed E-state index contributed by atoms with van der Waals surface area (Å²) in [5, 5.41) is 0. The van der Waals surface area contributed by atoms with Crippen molar-refractivity contribution in [3.63, 3.8) is 0 Å². The molecule has 21 heavy (non-hydrogen) atoms. The molecule has 2 aliphatic rings. The Kier molecular flexibility index (Phi) is 4.94. The van der Waals surface area contributed by atoms with Crippen molar-refractivity contribution in [3.8, 4) is 0 Å². The van der Waals surface area contributed by atoms with Crippen LogP contribution < -0.4 is 5.73 Å². The van der Waals surface area contributed by atoms with E-state index >= 15 is 0 Å². The molecule has 1 heterocycles. The van der Waals surface area contributed by atoms with Crippen LogP contribution in [0.5, 0.6) is 0 Å². The number of hydrogen-bond acceptors (Lipinski definition) is 3. The van der Waals surface area contributed by atoms with Gasteiger partial charge in [-0.2, -0.15) is 0 Å². The quantitative estimate of drug-likeness (QED) is 0.875. The van der Waals surface area contributed by atoms with Crippen LogP contribution in [0.2, 0.25) is 0 Å². The number of hydrogen-bond donors (Lipinski definition) is 1. The SMILES string of the molecule is NCC1(N2CCCCC2)CC(COCc2ccccc2)C1. The Bertz CT molecular complexity index is 422. The van der Waals surface area contributed by atoms with Crippen LogP contribution in [-0.2, 0) is 11.3 Å². The first-order valence-electron chi connectivity index (χ1n) is 8.39. The van der Waals surface area contributed by atoms with Gasteiger partial charge < -0.3 is 10.5 Å². The molecule has 0 unspecified atom stereocenters. The third kappa shape index (κ3) is 3.47. The second-order valence-corrected chi connectivity index (χ2v) is 6.75. The molecule has 0 atom stereocenters. The van der Waals surface area contributed by atoms with E-state index in [1.165, 1.54) is 50.8 Å². The topological polar surface area (TPSA) is 38.5 Å². The van der Waals surface area contributed by atoms with Gasteiger partial charge in [0.05, 0.1) is 6.61 Å². The van der Waals surface area contributed by atoms with E-state index < -0.39 is 0 Å². The van der Waals surface area contributed by atoms with Crippen molar-refractivity contribution in [2.24, 2.45) is 11.7 Å². The fourth-order valence-corrected chi connectivity index (χ4v) is 3.97. The molecule has 1 aliphatic carbocycles. The van der Waals surface area contributed by atoms with Crippen molar-refractivity contribution in [2.45, 2.75) is 44.2 Å². The Labute approximate surface area is 128 Å². The van der Waals surface area contributed by atoms with E-state index in [1.54, 1.807) is 0 Å². The summed E-state index contributed by atoms with van der Waals surface area (Å²) in [6, 6.07) is 10.4. The minimum atomic E-state index is 0.293. The molecule has 3 nitrogen and oxygen atoms in total. The molecule has 0 bridgehead atoms. The lowest BCUT2D eigenvalue weighted by molar-refractivity contribution is -0.0615. The fourth-order valence-electron chi connectivity index (χ4n) is 3.97. The monoisotopic (exact) mass is 288 g/mol. The van der Waals surface area contributed by atoms with Crippen molar-refractivity contribution in [2.75, 3.05) is 26.2 Å². The van der Waals surface area contributed by atoms with Crippen molar-refractivity contribution >= 4 is 0 Å². The van der Waals surface area contributed by atoms with Crippen LogP contribution >= 0.6 is 0 Å². The molecule has 1 saturated heterocycles. The van der Waals surface area contributed by atoms with Crippen LogP contribution in [0, 0.1) is 5.92 Å². The highest BCUT2D eigenvalue weighted by molar-refractivity contribution is 5.13. The van der Waals surface area contributed by atoms with Gasteiger partial charge in [-0.1, -0.05) is 36.8 Å². The van der Waals surface area contributed by atoms with Gasteiger partial charge in [0.1, 0.15) is 0 Å². The largest absolute Gasteiger partial charge is 0.376 e. The Morgan fingerprint density at radius 2 is 1.81 bits per heavy atom. The Morgan fingerprint density at radius 3 is 2.48 bits per heavy atom. The van der Waals surface area contributed by atoms with Crippen molar-refractivity contribution in [1.29, 1.82) is 0 Å². The van der Waals surface area contributed by atoms with Crippen LogP contribution in [0.4, 0.5) is 0 Å². The molecular formula is C18H28N2O. The third-order valence-electron chi connectivity index (χ3n) is 5.21. The van der Waals surface area contributed by atoms with Crippen LogP contribution in [0.15, 0.2) is 30.3 Å².